The number of fused-ring (bicyclic) bond motifs is 1. The minimum atomic E-state index is 0.600. The lowest BCUT2D eigenvalue weighted by Crippen LogP contribution is -1.89. The van der Waals surface area contributed by atoms with Crippen molar-refractivity contribution in [3.63, 3.8) is 0 Å². The van der Waals surface area contributed by atoms with Gasteiger partial charge in [0.2, 0.25) is 0 Å². The van der Waals surface area contributed by atoms with Crippen molar-refractivity contribution in [2.24, 2.45) is 5.92 Å². The molecule has 1 aromatic carbocycles. The number of nitrogen functional groups attached to an aromatic ring is 1. The predicted molar refractivity (Wildman–Crippen MR) is 66.7 cm³/mol. The monoisotopic (exact) mass is 202 g/mol. The van der Waals surface area contributed by atoms with Gasteiger partial charge in [0.15, 0.2) is 0 Å². The maximum atomic E-state index is 5.65. The summed E-state index contributed by atoms with van der Waals surface area (Å²) >= 11 is 0. The number of nitrogens with two attached hydrogens (primary N) is 1. The number of benzene rings is 1. The number of rotatable bonds is 0. The molecule has 1 aromatic heterocycles. The second-order valence-electron chi connectivity index (χ2n) is 4.15. The Kier molecular flexibility index (Phi) is 4.10. The van der Waals surface area contributed by atoms with Gasteiger partial charge in [-0.25, -0.2) is 4.98 Å². The maximum Gasteiger partial charge on any atom is 0.131 e. The number of anilines is 1. The molecule has 0 radical (unpaired) electrons. The molecule has 0 saturated carbocycles. The highest BCUT2D eigenvalue weighted by atomic mass is 14.8. The number of hydrogen-bond acceptors (Lipinski definition) is 2. The van der Waals surface area contributed by atoms with Crippen LogP contribution in [-0.2, 0) is 0 Å². The normalized spacial score (nSPS) is 9.87. The largest absolute Gasteiger partial charge is 0.383 e. The summed E-state index contributed by atoms with van der Waals surface area (Å²) in [5, 5.41) is 2.16. The van der Waals surface area contributed by atoms with Crippen LogP contribution >= 0.6 is 0 Å². The van der Waals surface area contributed by atoms with E-state index < -0.39 is 0 Å². The van der Waals surface area contributed by atoms with Crippen LogP contribution in [0.3, 0.4) is 0 Å². The molecule has 2 N–H and O–H groups in total. The number of aromatic nitrogens is 1. The molecule has 0 atom stereocenters. The first-order chi connectivity index (χ1) is 7.11. The molecule has 0 aliphatic rings. The Morgan fingerprint density at radius 3 is 2.27 bits per heavy atom. The third-order valence-corrected chi connectivity index (χ3v) is 1.70. The van der Waals surface area contributed by atoms with Crippen LogP contribution in [0.2, 0.25) is 0 Å². The molecule has 15 heavy (non-hydrogen) atoms. The highest BCUT2D eigenvalue weighted by molar-refractivity contribution is 5.90. The molecule has 0 unspecified atom stereocenters. The quantitative estimate of drug-likeness (QED) is 0.710. The molecular formula is C13H18N2. The van der Waals surface area contributed by atoms with Crippen molar-refractivity contribution < 1.29 is 0 Å². The van der Waals surface area contributed by atoms with Gasteiger partial charge >= 0.3 is 0 Å². The van der Waals surface area contributed by atoms with Crippen LogP contribution in [-0.4, -0.2) is 4.98 Å². The van der Waals surface area contributed by atoms with E-state index in [4.69, 9.17) is 5.73 Å². The van der Waals surface area contributed by atoms with Crippen molar-refractivity contribution in [2.75, 3.05) is 5.73 Å². The number of nitrogens with zero attached hydrogens (tertiary/aromatic N) is 1. The molecule has 0 aliphatic heterocycles. The van der Waals surface area contributed by atoms with Crippen molar-refractivity contribution in [3.8, 4) is 0 Å². The summed E-state index contributed by atoms with van der Waals surface area (Å²) in [4.78, 5) is 3.99. The molecule has 1 heterocycles. The van der Waals surface area contributed by atoms with E-state index in [-0.39, 0.29) is 0 Å². The summed E-state index contributed by atoms with van der Waals surface area (Å²) in [5.74, 6) is 1.43. The van der Waals surface area contributed by atoms with Gasteiger partial charge < -0.3 is 5.73 Å². The number of pyridine rings is 1. The molecule has 0 fully saturated rings. The zero-order valence-corrected chi connectivity index (χ0v) is 9.57. The Balaban J connectivity index is 0.000000245. The first-order valence-electron chi connectivity index (χ1n) is 5.20. The second-order valence-corrected chi connectivity index (χ2v) is 4.15. The van der Waals surface area contributed by atoms with Gasteiger partial charge in [-0.2, -0.15) is 0 Å². The predicted octanol–water partition coefficient (Wildman–Crippen LogP) is 3.48. The molecule has 0 saturated heterocycles. The Bertz CT molecular complexity index is 414. The molecule has 0 amide bonds. The van der Waals surface area contributed by atoms with E-state index in [2.05, 4.69) is 25.8 Å². The Morgan fingerprint density at radius 2 is 1.67 bits per heavy atom. The molecule has 0 spiro atoms. The van der Waals surface area contributed by atoms with E-state index >= 15 is 0 Å². The van der Waals surface area contributed by atoms with Gasteiger partial charge in [0.25, 0.3) is 0 Å². The van der Waals surface area contributed by atoms with Crippen LogP contribution in [0.5, 0.6) is 0 Å². The van der Waals surface area contributed by atoms with E-state index in [1.807, 2.05) is 30.3 Å². The van der Waals surface area contributed by atoms with Crippen molar-refractivity contribution in [2.45, 2.75) is 20.8 Å². The fourth-order valence-electron chi connectivity index (χ4n) is 1.14. The summed E-state index contributed by atoms with van der Waals surface area (Å²) in [7, 11) is 0. The smallest absolute Gasteiger partial charge is 0.131 e. The molecule has 2 heteroatoms. The minimum absolute atomic E-state index is 0.600. The summed E-state index contributed by atoms with van der Waals surface area (Å²) in [6, 6.07) is 9.89. The Labute approximate surface area is 91.1 Å². The SMILES string of the molecule is CC(C)C.Nc1nccc2ccccc12. The zero-order valence-electron chi connectivity index (χ0n) is 9.57. The Morgan fingerprint density at radius 1 is 1.07 bits per heavy atom. The lowest BCUT2D eigenvalue weighted by molar-refractivity contribution is 0.737. The molecular weight excluding hydrogens is 184 g/mol. The molecule has 2 rings (SSSR count). The van der Waals surface area contributed by atoms with Crippen molar-refractivity contribution >= 4 is 16.6 Å². The minimum Gasteiger partial charge on any atom is -0.383 e. The van der Waals surface area contributed by atoms with Crippen LogP contribution in [0.4, 0.5) is 5.82 Å². The zero-order chi connectivity index (χ0) is 11.3. The summed E-state index contributed by atoms with van der Waals surface area (Å²) < 4.78 is 0. The van der Waals surface area contributed by atoms with Gasteiger partial charge in [0.1, 0.15) is 5.82 Å². The van der Waals surface area contributed by atoms with Gasteiger partial charge in [0, 0.05) is 11.6 Å². The average Bonchev–Trinajstić information content (AvgIpc) is 2.18. The van der Waals surface area contributed by atoms with E-state index in [9.17, 15) is 0 Å². The fourth-order valence-corrected chi connectivity index (χ4v) is 1.14. The second kappa shape index (κ2) is 5.35. The van der Waals surface area contributed by atoms with E-state index in [1.54, 1.807) is 6.20 Å². The fraction of sp³-hybridized carbons (Fsp3) is 0.308. The van der Waals surface area contributed by atoms with Crippen LogP contribution in [0, 0.1) is 5.92 Å². The summed E-state index contributed by atoms with van der Waals surface area (Å²) in [6.07, 6.45) is 1.72. The molecule has 2 nitrogen and oxygen atoms in total. The van der Waals surface area contributed by atoms with Gasteiger partial charge in [-0.15, -0.1) is 0 Å². The molecule has 0 bridgehead atoms. The maximum absolute atomic E-state index is 5.65. The topological polar surface area (TPSA) is 38.9 Å². The highest BCUT2D eigenvalue weighted by Gasteiger charge is 1.94. The van der Waals surface area contributed by atoms with Crippen molar-refractivity contribution in [1.82, 2.24) is 4.98 Å². The highest BCUT2D eigenvalue weighted by Crippen LogP contribution is 2.16. The standard InChI is InChI=1S/C9H8N2.C4H10/c10-9-8-4-2-1-3-7(8)5-6-11-9;1-4(2)3/h1-6H,(H2,10,11);4H,1-3H3. The van der Waals surface area contributed by atoms with E-state index in [1.165, 1.54) is 0 Å². The average molecular weight is 202 g/mol. The summed E-state index contributed by atoms with van der Waals surface area (Å²) in [5.41, 5.74) is 5.65. The van der Waals surface area contributed by atoms with E-state index in [0.29, 0.717) is 5.82 Å². The lowest BCUT2D eigenvalue weighted by atomic mass is 10.2. The van der Waals surface area contributed by atoms with Gasteiger partial charge in [-0.1, -0.05) is 45.0 Å². The summed E-state index contributed by atoms with van der Waals surface area (Å²) in [6.45, 7) is 6.50. The molecule has 80 valence electrons. The van der Waals surface area contributed by atoms with Gasteiger partial charge in [-0.05, 0) is 17.4 Å². The van der Waals surface area contributed by atoms with Crippen LogP contribution in [0.25, 0.3) is 10.8 Å². The van der Waals surface area contributed by atoms with Crippen LogP contribution < -0.4 is 5.73 Å². The third-order valence-electron chi connectivity index (χ3n) is 1.70. The van der Waals surface area contributed by atoms with Crippen molar-refractivity contribution in [3.05, 3.63) is 36.5 Å². The van der Waals surface area contributed by atoms with Crippen molar-refractivity contribution in [1.29, 1.82) is 0 Å². The molecule has 2 aromatic rings. The van der Waals surface area contributed by atoms with E-state index in [0.717, 1.165) is 16.7 Å². The van der Waals surface area contributed by atoms with Crippen LogP contribution in [0.1, 0.15) is 20.8 Å². The third kappa shape index (κ3) is 3.58. The Hall–Kier alpha value is -1.57. The first kappa shape index (κ1) is 11.5. The number of hydrogen-bond donors (Lipinski definition) is 1. The molecule has 0 aliphatic carbocycles. The van der Waals surface area contributed by atoms with Gasteiger partial charge in [0.05, 0.1) is 0 Å². The lowest BCUT2D eigenvalue weighted by Gasteiger charge is -1.97. The first-order valence-corrected chi connectivity index (χ1v) is 5.20. The van der Waals surface area contributed by atoms with Crippen LogP contribution in [0.15, 0.2) is 36.5 Å². The van der Waals surface area contributed by atoms with Gasteiger partial charge in [-0.3, -0.25) is 0 Å².